The van der Waals surface area contributed by atoms with E-state index in [-0.39, 0.29) is 0 Å². The molecular formula is C13H16BrNS2. The van der Waals surface area contributed by atoms with E-state index in [1.165, 1.54) is 24.8 Å². The maximum absolute atomic E-state index is 3.61. The van der Waals surface area contributed by atoms with E-state index < -0.39 is 0 Å². The van der Waals surface area contributed by atoms with E-state index in [1.807, 2.05) is 11.3 Å². The zero-order valence-electron chi connectivity index (χ0n) is 10.2. The van der Waals surface area contributed by atoms with Crippen LogP contribution in [0, 0.1) is 6.92 Å². The van der Waals surface area contributed by atoms with Crippen molar-refractivity contribution in [3.8, 4) is 0 Å². The molecule has 0 bridgehead atoms. The molecule has 0 aliphatic rings. The Bertz CT molecular complexity index is 501. The highest BCUT2D eigenvalue weighted by Crippen LogP contribution is 2.33. The number of hydrogen-bond donors (Lipinski definition) is 1. The summed E-state index contributed by atoms with van der Waals surface area (Å²) in [4.78, 5) is 2.79. The maximum Gasteiger partial charge on any atom is 0.0702 e. The van der Waals surface area contributed by atoms with Gasteiger partial charge in [0.15, 0.2) is 0 Å². The molecule has 0 fully saturated rings. The van der Waals surface area contributed by atoms with E-state index in [0.717, 1.165) is 6.42 Å². The Labute approximate surface area is 119 Å². The Kier molecular flexibility index (Phi) is 4.28. The molecular weight excluding hydrogens is 314 g/mol. The minimum Gasteiger partial charge on any atom is -0.377 e. The van der Waals surface area contributed by atoms with E-state index in [0.29, 0.717) is 6.04 Å². The van der Waals surface area contributed by atoms with Gasteiger partial charge >= 0.3 is 0 Å². The summed E-state index contributed by atoms with van der Waals surface area (Å²) in [5.41, 5.74) is 2.75. The molecule has 1 N–H and O–H groups in total. The summed E-state index contributed by atoms with van der Waals surface area (Å²) >= 11 is 7.13. The monoisotopic (exact) mass is 329 g/mol. The van der Waals surface area contributed by atoms with Gasteiger partial charge in [0, 0.05) is 20.8 Å². The van der Waals surface area contributed by atoms with E-state index in [1.54, 1.807) is 11.3 Å². The Morgan fingerprint density at radius 3 is 2.76 bits per heavy atom. The number of halogens is 1. The summed E-state index contributed by atoms with van der Waals surface area (Å²) in [5.74, 6) is 0. The van der Waals surface area contributed by atoms with Crippen LogP contribution in [-0.2, 0) is 6.42 Å². The normalized spacial score (nSPS) is 12.7. The molecule has 2 aromatic heterocycles. The summed E-state index contributed by atoms with van der Waals surface area (Å²) in [6.45, 7) is 6.62. The average molecular weight is 330 g/mol. The zero-order chi connectivity index (χ0) is 12.4. The van der Waals surface area contributed by atoms with Crippen LogP contribution >= 0.6 is 38.6 Å². The highest BCUT2D eigenvalue weighted by molar-refractivity contribution is 9.11. The second-order valence-electron chi connectivity index (χ2n) is 4.05. The highest BCUT2D eigenvalue weighted by Gasteiger charge is 2.12. The molecule has 0 saturated heterocycles. The summed E-state index contributed by atoms with van der Waals surface area (Å²) in [6.07, 6.45) is 1.10. The van der Waals surface area contributed by atoms with E-state index in [2.05, 4.69) is 59.5 Å². The Balaban J connectivity index is 2.15. The molecule has 1 nitrogen and oxygen atoms in total. The van der Waals surface area contributed by atoms with Crippen LogP contribution in [0.1, 0.15) is 35.2 Å². The lowest BCUT2D eigenvalue weighted by Gasteiger charge is -2.14. The largest absolute Gasteiger partial charge is 0.377 e. The van der Waals surface area contributed by atoms with E-state index in [4.69, 9.17) is 0 Å². The van der Waals surface area contributed by atoms with Crippen molar-refractivity contribution in [1.29, 1.82) is 0 Å². The first-order chi connectivity index (χ1) is 8.11. The van der Waals surface area contributed by atoms with Crippen molar-refractivity contribution in [3.05, 3.63) is 36.6 Å². The average Bonchev–Trinajstić information content (AvgIpc) is 2.86. The van der Waals surface area contributed by atoms with Gasteiger partial charge in [0.05, 0.1) is 9.83 Å². The fraction of sp³-hybridized carbons (Fsp3) is 0.385. The fourth-order valence-corrected chi connectivity index (χ4v) is 4.23. The summed E-state index contributed by atoms with van der Waals surface area (Å²) in [7, 11) is 0. The number of nitrogens with one attached hydrogen (secondary N) is 1. The molecule has 0 aliphatic carbocycles. The van der Waals surface area contributed by atoms with Gasteiger partial charge in [-0.25, -0.2) is 0 Å². The second kappa shape index (κ2) is 5.55. The second-order valence-corrected chi connectivity index (χ2v) is 7.62. The number of anilines is 1. The smallest absolute Gasteiger partial charge is 0.0702 e. The summed E-state index contributed by atoms with van der Waals surface area (Å²) in [6, 6.07) is 4.65. The van der Waals surface area contributed by atoms with Crippen molar-refractivity contribution >= 4 is 44.3 Å². The minimum atomic E-state index is 0.366. The molecule has 2 heterocycles. The molecule has 0 spiro atoms. The molecule has 2 aromatic rings. The Morgan fingerprint density at radius 1 is 1.41 bits per heavy atom. The lowest BCUT2D eigenvalue weighted by Crippen LogP contribution is -2.05. The quantitative estimate of drug-likeness (QED) is 0.767. The number of hydrogen-bond acceptors (Lipinski definition) is 3. The first-order valence-corrected chi connectivity index (χ1v) is 8.19. The lowest BCUT2D eigenvalue weighted by molar-refractivity contribution is 0.903. The molecule has 1 unspecified atom stereocenters. The molecule has 92 valence electrons. The van der Waals surface area contributed by atoms with Crippen molar-refractivity contribution in [2.24, 2.45) is 0 Å². The molecule has 0 saturated carbocycles. The number of aryl methyl sites for hydroxylation is 1. The van der Waals surface area contributed by atoms with Gasteiger partial charge in [-0.1, -0.05) is 6.92 Å². The fourth-order valence-electron chi connectivity index (χ4n) is 1.91. The van der Waals surface area contributed by atoms with Gasteiger partial charge in [-0.05, 0) is 53.9 Å². The van der Waals surface area contributed by atoms with E-state index >= 15 is 0 Å². The van der Waals surface area contributed by atoms with Crippen LogP contribution in [0.15, 0.2) is 21.3 Å². The third-order valence-electron chi connectivity index (χ3n) is 2.85. The van der Waals surface area contributed by atoms with Gasteiger partial charge < -0.3 is 5.32 Å². The molecule has 4 heteroatoms. The van der Waals surface area contributed by atoms with Gasteiger partial charge in [0.25, 0.3) is 0 Å². The van der Waals surface area contributed by atoms with Crippen molar-refractivity contribution in [1.82, 2.24) is 0 Å². The summed E-state index contributed by atoms with van der Waals surface area (Å²) < 4.78 is 1.19. The standard InChI is InChI=1S/C13H16BrNS2/c1-4-10-9(3)16-7-11(10)15-8(2)12-5-6-13(14)17-12/h5-8,15H,4H2,1-3H3. The van der Waals surface area contributed by atoms with Gasteiger partial charge in [0.2, 0.25) is 0 Å². The van der Waals surface area contributed by atoms with Crippen LogP contribution in [0.2, 0.25) is 0 Å². The first-order valence-electron chi connectivity index (χ1n) is 5.70. The van der Waals surface area contributed by atoms with Crippen molar-refractivity contribution in [2.75, 3.05) is 5.32 Å². The molecule has 1 atom stereocenters. The topological polar surface area (TPSA) is 12.0 Å². The Hall–Kier alpha value is -0.320. The van der Waals surface area contributed by atoms with Crippen LogP contribution < -0.4 is 5.32 Å². The van der Waals surface area contributed by atoms with Crippen LogP contribution in [0.4, 0.5) is 5.69 Å². The minimum absolute atomic E-state index is 0.366. The van der Waals surface area contributed by atoms with Crippen LogP contribution in [0.5, 0.6) is 0 Å². The molecule has 0 aliphatic heterocycles. The van der Waals surface area contributed by atoms with Gasteiger partial charge in [-0.15, -0.1) is 22.7 Å². The van der Waals surface area contributed by atoms with Crippen molar-refractivity contribution in [3.63, 3.8) is 0 Å². The SMILES string of the molecule is CCc1c(NC(C)c2ccc(Br)s2)csc1C. The van der Waals surface area contributed by atoms with Crippen LogP contribution in [0.25, 0.3) is 0 Å². The highest BCUT2D eigenvalue weighted by atomic mass is 79.9. The molecule has 0 radical (unpaired) electrons. The van der Waals surface area contributed by atoms with Crippen molar-refractivity contribution < 1.29 is 0 Å². The van der Waals surface area contributed by atoms with Gasteiger partial charge in [0.1, 0.15) is 0 Å². The van der Waals surface area contributed by atoms with Crippen LogP contribution in [0.3, 0.4) is 0 Å². The third-order valence-corrected chi connectivity index (χ3v) is 5.61. The maximum atomic E-state index is 3.61. The predicted octanol–water partition coefficient (Wildman–Crippen LogP) is 5.62. The van der Waals surface area contributed by atoms with E-state index in [9.17, 15) is 0 Å². The lowest BCUT2D eigenvalue weighted by atomic mass is 10.1. The van der Waals surface area contributed by atoms with Crippen molar-refractivity contribution in [2.45, 2.75) is 33.2 Å². The van der Waals surface area contributed by atoms with Crippen LogP contribution in [-0.4, -0.2) is 0 Å². The summed E-state index contributed by atoms with van der Waals surface area (Å²) in [5, 5.41) is 5.84. The molecule has 0 aromatic carbocycles. The zero-order valence-corrected chi connectivity index (χ0v) is 13.4. The molecule has 17 heavy (non-hydrogen) atoms. The Morgan fingerprint density at radius 2 is 2.18 bits per heavy atom. The molecule has 2 rings (SSSR count). The van der Waals surface area contributed by atoms with Gasteiger partial charge in [-0.3, -0.25) is 0 Å². The van der Waals surface area contributed by atoms with Gasteiger partial charge in [-0.2, -0.15) is 0 Å². The number of rotatable bonds is 4. The first kappa shape index (κ1) is 13.1. The molecule has 0 amide bonds. The predicted molar refractivity (Wildman–Crippen MR) is 82.5 cm³/mol. The third kappa shape index (κ3) is 2.92. The number of thiophene rings is 2.